The third kappa shape index (κ3) is 8.22. The van der Waals surface area contributed by atoms with Crippen LogP contribution in [0, 0.1) is 11.3 Å². The third-order valence-electron chi connectivity index (χ3n) is 5.02. The molecule has 0 unspecified atom stereocenters. The number of likely N-dealkylation sites (N-methyl/N-ethyl adjacent to an activating group) is 1. The molecule has 2 atom stereocenters. The van der Waals surface area contributed by atoms with Crippen LogP contribution >= 0.6 is 0 Å². The van der Waals surface area contributed by atoms with Gasteiger partial charge in [0.1, 0.15) is 12.6 Å². The van der Waals surface area contributed by atoms with Gasteiger partial charge < -0.3 is 20.5 Å². The Labute approximate surface area is 190 Å². The number of carbonyl (C=O) groups is 3. The number of ether oxygens (including phenoxy) is 1. The maximum Gasteiger partial charge on any atom is 0.421 e. The standard InChI is InChI=1S/C23H36N4O5/c1-14(2)18(12-15(3)21(29)30)27(7)20(28)19(23(4,5)6)25-26-22(31)32-13-16-8-10-17(24)11-9-16/h8-12,14,18-19,25H,13,24H2,1-7H3,(H,26,31)(H,29,30)/b15-12+/t18-,19-/m1/s1. The summed E-state index contributed by atoms with van der Waals surface area (Å²) >= 11 is 0. The average Bonchev–Trinajstić information content (AvgIpc) is 2.69. The van der Waals surface area contributed by atoms with E-state index in [4.69, 9.17) is 10.5 Å². The number of carboxylic acids is 1. The Morgan fingerprint density at radius 3 is 2.22 bits per heavy atom. The smallest absolute Gasteiger partial charge is 0.421 e. The maximum atomic E-state index is 13.3. The van der Waals surface area contributed by atoms with Crippen LogP contribution < -0.4 is 16.6 Å². The van der Waals surface area contributed by atoms with E-state index in [1.54, 1.807) is 37.4 Å². The van der Waals surface area contributed by atoms with Crippen LogP contribution in [-0.2, 0) is 20.9 Å². The Morgan fingerprint density at radius 1 is 1.19 bits per heavy atom. The molecule has 9 nitrogen and oxygen atoms in total. The number of nitrogens with one attached hydrogen (secondary N) is 2. The van der Waals surface area contributed by atoms with E-state index < -0.39 is 29.6 Å². The van der Waals surface area contributed by atoms with Crippen LogP contribution in [0.1, 0.15) is 47.1 Å². The molecular weight excluding hydrogens is 412 g/mol. The van der Waals surface area contributed by atoms with Crippen molar-refractivity contribution in [2.75, 3.05) is 12.8 Å². The van der Waals surface area contributed by atoms with Crippen molar-refractivity contribution in [1.82, 2.24) is 15.8 Å². The third-order valence-corrected chi connectivity index (χ3v) is 5.02. The molecule has 5 N–H and O–H groups in total. The molecule has 2 amide bonds. The van der Waals surface area contributed by atoms with Gasteiger partial charge in [-0.1, -0.05) is 52.8 Å². The van der Waals surface area contributed by atoms with Gasteiger partial charge >= 0.3 is 12.1 Å². The highest BCUT2D eigenvalue weighted by atomic mass is 16.6. The number of carboxylic acid groups (broad SMARTS) is 1. The van der Waals surface area contributed by atoms with Gasteiger partial charge in [0.15, 0.2) is 0 Å². The van der Waals surface area contributed by atoms with Gasteiger partial charge in [0, 0.05) is 18.3 Å². The topological polar surface area (TPSA) is 134 Å². The zero-order valence-corrected chi connectivity index (χ0v) is 19.9. The number of rotatable bonds is 9. The van der Waals surface area contributed by atoms with E-state index >= 15 is 0 Å². The summed E-state index contributed by atoms with van der Waals surface area (Å²) in [5.74, 6) is -1.34. The zero-order chi connectivity index (χ0) is 24.6. The summed E-state index contributed by atoms with van der Waals surface area (Å²) < 4.78 is 5.18. The molecule has 0 aliphatic carbocycles. The van der Waals surface area contributed by atoms with Crippen molar-refractivity contribution in [3.05, 3.63) is 41.5 Å². The minimum Gasteiger partial charge on any atom is -0.478 e. The van der Waals surface area contributed by atoms with Gasteiger partial charge in [-0.05, 0) is 36.0 Å². The fourth-order valence-electron chi connectivity index (χ4n) is 3.01. The average molecular weight is 449 g/mol. The number of benzene rings is 1. The molecule has 0 bridgehead atoms. The van der Waals surface area contributed by atoms with Crippen molar-refractivity contribution in [2.45, 2.75) is 60.2 Å². The monoisotopic (exact) mass is 448 g/mol. The number of carbonyl (C=O) groups excluding carboxylic acids is 2. The molecule has 1 aromatic carbocycles. The molecule has 0 spiro atoms. The summed E-state index contributed by atoms with van der Waals surface area (Å²) in [7, 11) is 1.62. The van der Waals surface area contributed by atoms with E-state index in [2.05, 4.69) is 10.9 Å². The lowest BCUT2D eigenvalue weighted by atomic mass is 9.85. The summed E-state index contributed by atoms with van der Waals surface area (Å²) in [6.45, 7) is 10.9. The van der Waals surface area contributed by atoms with Crippen LogP contribution in [0.2, 0.25) is 0 Å². The van der Waals surface area contributed by atoms with Gasteiger partial charge in [0.05, 0.1) is 6.04 Å². The number of hydrogen-bond acceptors (Lipinski definition) is 6. The van der Waals surface area contributed by atoms with Crippen molar-refractivity contribution in [1.29, 1.82) is 0 Å². The summed E-state index contributed by atoms with van der Waals surface area (Å²) in [5.41, 5.74) is 11.9. The quantitative estimate of drug-likeness (QED) is 0.259. The van der Waals surface area contributed by atoms with Crippen molar-refractivity contribution in [3.63, 3.8) is 0 Å². The first-order chi connectivity index (χ1) is 14.7. The van der Waals surface area contributed by atoms with Gasteiger partial charge in [-0.15, -0.1) is 0 Å². The maximum absolute atomic E-state index is 13.3. The van der Waals surface area contributed by atoms with Crippen molar-refractivity contribution in [2.24, 2.45) is 11.3 Å². The zero-order valence-electron chi connectivity index (χ0n) is 19.9. The number of nitrogens with two attached hydrogens (primary N) is 1. The summed E-state index contributed by atoms with van der Waals surface area (Å²) in [6, 6.07) is 5.73. The van der Waals surface area contributed by atoms with Gasteiger partial charge in [0.25, 0.3) is 0 Å². The fourth-order valence-corrected chi connectivity index (χ4v) is 3.01. The normalized spacial score (nSPS) is 13.9. The molecule has 0 aromatic heterocycles. The number of nitrogens with zero attached hydrogens (tertiary/aromatic N) is 1. The number of aliphatic carboxylic acids is 1. The minimum atomic E-state index is -1.03. The van der Waals surface area contributed by atoms with Gasteiger partial charge in [-0.25, -0.2) is 15.0 Å². The van der Waals surface area contributed by atoms with E-state index in [-0.39, 0.29) is 24.0 Å². The van der Waals surface area contributed by atoms with Gasteiger partial charge in [0.2, 0.25) is 5.91 Å². The molecule has 32 heavy (non-hydrogen) atoms. The lowest BCUT2D eigenvalue weighted by molar-refractivity contribution is -0.137. The second-order valence-electron chi connectivity index (χ2n) is 9.22. The van der Waals surface area contributed by atoms with E-state index in [0.717, 1.165) is 5.56 Å². The molecule has 0 fully saturated rings. The van der Waals surface area contributed by atoms with Crippen LogP contribution in [0.25, 0.3) is 0 Å². The Kier molecular flexibility index (Phi) is 9.71. The largest absolute Gasteiger partial charge is 0.478 e. The molecule has 0 radical (unpaired) electrons. The summed E-state index contributed by atoms with van der Waals surface area (Å²) in [4.78, 5) is 38.2. The number of hydrogen-bond donors (Lipinski definition) is 4. The summed E-state index contributed by atoms with van der Waals surface area (Å²) in [6.07, 6.45) is 0.840. The highest BCUT2D eigenvalue weighted by molar-refractivity contribution is 5.87. The first-order valence-corrected chi connectivity index (χ1v) is 10.4. The van der Waals surface area contributed by atoms with Crippen molar-refractivity contribution >= 4 is 23.7 Å². The fraction of sp³-hybridized carbons (Fsp3) is 0.522. The number of nitrogen functional groups attached to an aromatic ring is 1. The Balaban J connectivity index is 2.86. The number of anilines is 1. The molecule has 0 aliphatic rings. The molecule has 1 aromatic rings. The predicted molar refractivity (Wildman–Crippen MR) is 123 cm³/mol. The van der Waals surface area contributed by atoms with E-state index in [9.17, 15) is 19.5 Å². The molecular formula is C23H36N4O5. The summed E-state index contributed by atoms with van der Waals surface area (Å²) in [5, 5.41) is 9.21. The first kappa shape index (κ1) is 27.0. The Bertz CT molecular complexity index is 828. The van der Waals surface area contributed by atoms with Crippen molar-refractivity contribution < 1.29 is 24.2 Å². The molecule has 178 valence electrons. The van der Waals surface area contributed by atoms with Crippen LogP contribution in [0.3, 0.4) is 0 Å². The van der Waals surface area contributed by atoms with Gasteiger partial charge in [-0.2, -0.15) is 0 Å². The van der Waals surface area contributed by atoms with E-state index in [0.29, 0.717) is 5.69 Å². The SMILES string of the molecule is C/C(=C\[C@H](C(C)C)N(C)C(=O)[C@@H](NNC(=O)OCc1ccc(N)cc1)C(C)(C)C)C(=O)O. The van der Waals surface area contributed by atoms with Crippen molar-refractivity contribution in [3.8, 4) is 0 Å². The van der Waals surface area contributed by atoms with Crippen LogP contribution in [0.4, 0.5) is 10.5 Å². The highest BCUT2D eigenvalue weighted by Gasteiger charge is 2.36. The first-order valence-electron chi connectivity index (χ1n) is 10.4. The number of amides is 2. The molecule has 0 saturated heterocycles. The second-order valence-corrected chi connectivity index (χ2v) is 9.22. The molecule has 0 heterocycles. The number of hydrazine groups is 1. The van der Waals surface area contributed by atoms with Crippen LogP contribution in [0.15, 0.2) is 35.9 Å². The van der Waals surface area contributed by atoms with E-state index in [1.807, 2.05) is 34.6 Å². The van der Waals surface area contributed by atoms with Crippen LogP contribution in [-0.4, -0.2) is 47.1 Å². The van der Waals surface area contributed by atoms with E-state index in [1.165, 1.54) is 11.8 Å². The second kappa shape index (κ2) is 11.5. The van der Waals surface area contributed by atoms with Crippen LogP contribution in [0.5, 0.6) is 0 Å². The lowest BCUT2D eigenvalue weighted by Crippen LogP contribution is -2.59. The Hall–Kier alpha value is -3.07. The molecule has 9 heteroatoms. The highest BCUT2D eigenvalue weighted by Crippen LogP contribution is 2.23. The minimum absolute atomic E-state index is 0.0169. The molecule has 0 saturated carbocycles. The molecule has 1 rings (SSSR count). The lowest BCUT2D eigenvalue weighted by Gasteiger charge is -2.37. The molecule has 0 aliphatic heterocycles. The Morgan fingerprint density at radius 2 is 1.75 bits per heavy atom. The van der Waals surface area contributed by atoms with Gasteiger partial charge in [-0.3, -0.25) is 10.2 Å². The predicted octanol–water partition coefficient (Wildman–Crippen LogP) is 2.93.